The average Bonchev–Trinajstić information content (AvgIpc) is 2.36. The number of rotatable bonds is 2. The van der Waals surface area contributed by atoms with Crippen LogP contribution >= 0.6 is 0 Å². The summed E-state index contributed by atoms with van der Waals surface area (Å²) in [7, 11) is 0. The van der Waals surface area contributed by atoms with Crippen molar-refractivity contribution in [1.29, 1.82) is 0 Å². The zero-order valence-corrected chi connectivity index (χ0v) is 10.6. The van der Waals surface area contributed by atoms with Crippen molar-refractivity contribution in [1.82, 2.24) is 4.90 Å². The Hall–Kier alpha value is -0.910. The molecular weight excluding hydrogens is 240 g/mol. The molecule has 1 heterocycles. The Labute approximate surface area is 106 Å². The molecule has 0 aromatic carbocycles. The van der Waals surface area contributed by atoms with Gasteiger partial charge in [0.15, 0.2) is 5.96 Å². The number of halogens is 2. The summed E-state index contributed by atoms with van der Waals surface area (Å²) in [5.41, 5.74) is 5.87. The van der Waals surface area contributed by atoms with Crippen LogP contribution in [0.15, 0.2) is 4.99 Å². The number of alkyl halides is 2. The van der Waals surface area contributed by atoms with E-state index in [1.165, 1.54) is 0 Å². The molecular formula is C12H21F2N3O. The number of aliphatic imine (C=N–C) groups is 1. The molecule has 1 aliphatic carbocycles. The number of morpholine rings is 1. The molecule has 2 aliphatic rings. The Balaban J connectivity index is 1.81. The second-order valence-corrected chi connectivity index (χ2v) is 5.12. The maximum absolute atomic E-state index is 13.2. The van der Waals surface area contributed by atoms with Gasteiger partial charge in [-0.1, -0.05) is 0 Å². The fourth-order valence-corrected chi connectivity index (χ4v) is 2.55. The molecule has 0 spiro atoms. The molecule has 4 nitrogen and oxygen atoms in total. The zero-order valence-electron chi connectivity index (χ0n) is 10.6. The summed E-state index contributed by atoms with van der Waals surface area (Å²) in [4.78, 5) is 6.22. The minimum absolute atomic E-state index is 0.0200. The average molecular weight is 261 g/mol. The lowest BCUT2D eigenvalue weighted by molar-refractivity contribution is -0.0508. The van der Waals surface area contributed by atoms with Gasteiger partial charge in [0, 0.05) is 32.5 Å². The van der Waals surface area contributed by atoms with Crippen molar-refractivity contribution in [3.05, 3.63) is 0 Å². The number of hydrogen-bond acceptors (Lipinski definition) is 2. The first-order valence-corrected chi connectivity index (χ1v) is 6.57. The molecule has 18 heavy (non-hydrogen) atoms. The molecule has 1 aliphatic heterocycles. The highest BCUT2D eigenvalue weighted by molar-refractivity contribution is 5.78. The fourth-order valence-electron chi connectivity index (χ4n) is 2.55. The maximum atomic E-state index is 13.2. The van der Waals surface area contributed by atoms with Gasteiger partial charge in [0.2, 0.25) is 5.92 Å². The van der Waals surface area contributed by atoms with Crippen LogP contribution in [0, 0.1) is 5.92 Å². The van der Waals surface area contributed by atoms with Crippen molar-refractivity contribution in [3.63, 3.8) is 0 Å². The molecule has 1 saturated heterocycles. The Bertz CT molecular complexity index is 304. The summed E-state index contributed by atoms with van der Waals surface area (Å²) in [6.45, 7) is 3.18. The van der Waals surface area contributed by atoms with Crippen molar-refractivity contribution in [3.8, 4) is 0 Å². The molecule has 104 valence electrons. The van der Waals surface area contributed by atoms with Gasteiger partial charge in [-0.05, 0) is 18.8 Å². The second kappa shape index (κ2) is 5.82. The Kier molecular flexibility index (Phi) is 4.37. The van der Waals surface area contributed by atoms with Crippen LogP contribution in [0.5, 0.6) is 0 Å². The van der Waals surface area contributed by atoms with E-state index in [9.17, 15) is 8.78 Å². The van der Waals surface area contributed by atoms with E-state index in [1.54, 1.807) is 0 Å². The summed E-state index contributed by atoms with van der Waals surface area (Å²) >= 11 is 0. The molecule has 2 rings (SSSR count). The highest BCUT2D eigenvalue weighted by Crippen LogP contribution is 2.36. The van der Waals surface area contributed by atoms with E-state index >= 15 is 0 Å². The number of guanidine groups is 1. The van der Waals surface area contributed by atoms with Gasteiger partial charge in [-0.3, -0.25) is 4.99 Å². The molecule has 6 heteroatoms. The molecule has 1 unspecified atom stereocenters. The van der Waals surface area contributed by atoms with Gasteiger partial charge in [-0.25, -0.2) is 8.78 Å². The first kappa shape index (κ1) is 13.5. The van der Waals surface area contributed by atoms with Crippen LogP contribution in [0.1, 0.15) is 25.7 Å². The number of nitrogens with two attached hydrogens (primary N) is 1. The summed E-state index contributed by atoms with van der Waals surface area (Å²) in [6, 6.07) is 0. The maximum Gasteiger partial charge on any atom is 0.248 e. The van der Waals surface area contributed by atoms with Gasteiger partial charge in [-0.15, -0.1) is 0 Å². The lowest BCUT2D eigenvalue weighted by Gasteiger charge is -2.30. The predicted molar refractivity (Wildman–Crippen MR) is 65.8 cm³/mol. The molecule has 2 N–H and O–H groups in total. The van der Waals surface area contributed by atoms with E-state index in [0.29, 0.717) is 32.1 Å². The van der Waals surface area contributed by atoms with Crippen LogP contribution in [-0.2, 0) is 4.74 Å². The van der Waals surface area contributed by atoms with Crippen molar-refractivity contribution in [2.75, 3.05) is 32.8 Å². The quantitative estimate of drug-likeness (QED) is 0.605. The third kappa shape index (κ3) is 3.80. The van der Waals surface area contributed by atoms with Gasteiger partial charge in [0.1, 0.15) is 0 Å². The van der Waals surface area contributed by atoms with E-state index in [0.717, 1.165) is 19.5 Å². The van der Waals surface area contributed by atoms with Crippen molar-refractivity contribution in [2.24, 2.45) is 16.6 Å². The summed E-state index contributed by atoms with van der Waals surface area (Å²) in [5, 5.41) is 0. The number of ether oxygens (including phenoxy) is 1. The Morgan fingerprint density at radius 2 is 2.11 bits per heavy atom. The smallest absolute Gasteiger partial charge is 0.248 e. The van der Waals surface area contributed by atoms with Crippen LogP contribution in [-0.4, -0.2) is 49.6 Å². The van der Waals surface area contributed by atoms with E-state index < -0.39 is 5.92 Å². The lowest BCUT2D eigenvalue weighted by atomic mass is 9.87. The van der Waals surface area contributed by atoms with Gasteiger partial charge in [-0.2, -0.15) is 0 Å². The molecule has 1 saturated carbocycles. The van der Waals surface area contributed by atoms with Crippen molar-refractivity contribution < 1.29 is 13.5 Å². The molecule has 0 bridgehead atoms. The van der Waals surface area contributed by atoms with Crippen LogP contribution in [0.3, 0.4) is 0 Å². The molecule has 2 fully saturated rings. The standard InChI is InChI=1S/C12H21F2N3O/c13-12(14)3-1-2-10(8-12)9-16-11(15)17-4-6-18-7-5-17/h10H,1-9H2,(H2,15,16). The Morgan fingerprint density at radius 1 is 1.39 bits per heavy atom. The Morgan fingerprint density at radius 3 is 2.78 bits per heavy atom. The number of hydrogen-bond donors (Lipinski definition) is 1. The first-order valence-electron chi connectivity index (χ1n) is 6.57. The SMILES string of the molecule is NC(=NCC1CCCC(F)(F)C1)N1CCOCC1. The van der Waals surface area contributed by atoms with Crippen LogP contribution < -0.4 is 5.73 Å². The van der Waals surface area contributed by atoms with E-state index in [4.69, 9.17) is 10.5 Å². The van der Waals surface area contributed by atoms with E-state index in [-0.39, 0.29) is 18.8 Å². The largest absolute Gasteiger partial charge is 0.378 e. The highest BCUT2D eigenvalue weighted by atomic mass is 19.3. The number of nitrogens with zero attached hydrogens (tertiary/aromatic N) is 2. The van der Waals surface area contributed by atoms with Crippen molar-refractivity contribution >= 4 is 5.96 Å². The lowest BCUT2D eigenvalue weighted by Crippen LogP contribution is -2.45. The summed E-state index contributed by atoms with van der Waals surface area (Å²) in [6.07, 6.45) is 1.39. The zero-order chi connectivity index (χ0) is 13.0. The third-order valence-corrected chi connectivity index (χ3v) is 3.59. The minimum Gasteiger partial charge on any atom is -0.378 e. The van der Waals surface area contributed by atoms with Gasteiger partial charge >= 0.3 is 0 Å². The first-order chi connectivity index (χ1) is 8.57. The topological polar surface area (TPSA) is 50.8 Å². The monoisotopic (exact) mass is 261 g/mol. The highest BCUT2D eigenvalue weighted by Gasteiger charge is 2.35. The summed E-state index contributed by atoms with van der Waals surface area (Å²) < 4.78 is 31.7. The van der Waals surface area contributed by atoms with E-state index in [1.807, 2.05) is 4.90 Å². The van der Waals surface area contributed by atoms with Gasteiger partial charge in [0.05, 0.1) is 13.2 Å². The molecule has 0 aromatic rings. The molecule has 0 radical (unpaired) electrons. The fraction of sp³-hybridized carbons (Fsp3) is 0.917. The van der Waals surface area contributed by atoms with Crippen LogP contribution in [0.25, 0.3) is 0 Å². The van der Waals surface area contributed by atoms with Crippen molar-refractivity contribution in [2.45, 2.75) is 31.6 Å². The molecule has 1 atom stereocenters. The summed E-state index contributed by atoms with van der Waals surface area (Å²) in [5.74, 6) is -2.08. The van der Waals surface area contributed by atoms with Gasteiger partial charge in [0.25, 0.3) is 0 Å². The van der Waals surface area contributed by atoms with Crippen LogP contribution in [0.4, 0.5) is 8.78 Å². The second-order valence-electron chi connectivity index (χ2n) is 5.12. The van der Waals surface area contributed by atoms with Gasteiger partial charge < -0.3 is 15.4 Å². The normalized spacial score (nSPS) is 29.3. The predicted octanol–water partition coefficient (Wildman–Crippen LogP) is 1.46. The molecule has 0 amide bonds. The third-order valence-electron chi connectivity index (χ3n) is 3.59. The molecule has 0 aromatic heterocycles. The minimum atomic E-state index is -2.51. The van der Waals surface area contributed by atoms with Crippen LogP contribution in [0.2, 0.25) is 0 Å². The van der Waals surface area contributed by atoms with E-state index in [2.05, 4.69) is 4.99 Å².